The van der Waals surface area contributed by atoms with Gasteiger partial charge in [0.05, 0.1) is 11.1 Å². The van der Waals surface area contributed by atoms with E-state index in [1.165, 1.54) is 5.06 Å². The molecule has 0 spiro atoms. The Morgan fingerprint density at radius 3 is 2.25 bits per heavy atom. The van der Waals surface area contributed by atoms with Gasteiger partial charge in [-0.3, -0.25) is 0 Å². The van der Waals surface area contributed by atoms with E-state index in [0.717, 1.165) is 16.7 Å². The first-order valence-electron chi connectivity index (χ1n) is 8.29. The number of rotatable bonds is 4. The molecule has 6 heteroatoms. The van der Waals surface area contributed by atoms with Crippen LogP contribution in [0, 0.1) is 4.78 Å². The minimum Gasteiger partial charge on any atom is -0.444 e. The SMILES string of the molecule is CC(C)(C)NCC(c1ccc2c(c1)C(C)(C)N(O)C2(C)C)[S-](=N)=O. The predicted octanol–water partition coefficient (Wildman–Crippen LogP) is 4.02. The Labute approximate surface area is 147 Å². The standard InChI is InChI=1S/C18H30N3O2S/c1-16(2,3)20-11-15(24(19)23)12-8-9-13-14(10-12)18(6,7)21(22)17(13,4)5/h8-10,15,19-20,22H,11H2,1-7H3/q-1. The quantitative estimate of drug-likeness (QED) is 0.715. The molecule has 0 aliphatic carbocycles. The molecule has 3 N–H and O–H groups in total. The summed E-state index contributed by atoms with van der Waals surface area (Å²) in [5.74, 6) is 0. The van der Waals surface area contributed by atoms with Crippen LogP contribution in [0.4, 0.5) is 0 Å². The van der Waals surface area contributed by atoms with Crippen molar-refractivity contribution in [1.82, 2.24) is 10.4 Å². The lowest BCUT2D eigenvalue weighted by atomic mass is 9.88. The largest absolute Gasteiger partial charge is 0.444 e. The molecular weight excluding hydrogens is 322 g/mol. The lowest BCUT2D eigenvalue weighted by molar-refractivity contribution is -0.216. The highest BCUT2D eigenvalue weighted by atomic mass is 32.2. The van der Waals surface area contributed by atoms with Gasteiger partial charge < -0.3 is 19.5 Å². The van der Waals surface area contributed by atoms with Crippen LogP contribution in [0.3, 0.4) is 0 Å². The zero-order chi connectivity index (χ0) is 18.5. The van der Waals surface area contributed by atoms with Crippen LogP contribution in [-0.4, -0.2) is 22.4 Å². The minimum atomic E-state index is -1.73. The highest BCUT2D eigenvalue weighted by molar-refractivity contribution is 7.73. The first-order valence-corrected chi connectivity index (χ1v) is 9.51. The van der Waals surface area contributed by atoms with E-state index >= 15 is 0 Å². The second-order valence-corrected chi connectivity index (χ2v) is 9.82. The van der Waals surface area contributed by atoms with Gasteiger partial charge in [0.2, 0.25) is 0 Å². The molecule has 1 aliphatic rings. The van der Waals surface area contributed by atoms with E-state index in [-0.39, 0.29) is 5.54 Å². The molecule has 0 saturated carbocycles. The fraction of sp³-hybridized carbons (Fsp3) is 0.667. The first kappa shape index (κ1) is 19.4. The van der Waals surface area contributed by atoms with E-state index in [9.17, 15) is 9.42 Å². The maximum atomic E-state index is 12.0. The molecular formula is C18H30N3O2S-. The Morgan fingerprint density at radius 2 is 1.75 bits per heavy atom. The minimum absolute atomic E-state index is 0.0997. The summed E-state index contributed by atoms with van der Waals surface area (Å²) in [5, 5.41) is 14.9. The molecule has 1 aromatic rings. The zero-order valence-electron chi connectivity index (χ0n) is 15.7. The Kier molecular flexibility index (Phi) is 4.92. The normalized spacial score (nSPS) is 21.0. The van der Waals surface area contributed by atoms with Crippen LogP contribution in [0.5, 0.6) is 0 Å². The topological polar surface area (TPSA) is 76.4 Å². The molecule has 1 atom stereocenters. The molecule has 0 bridgehead atoms. The van der Waals surface area contributed by atoms with E-state index in [2.05, 4.69) is 26.1 Å². The van der Waals surface area contributed by atoms with Crippen molar-refractivity contribution in [2.24, 2.45) is 0 Å². The number of benzene rings is 1. The van der Waals surface area contributed by atoms with Crippen LogP contribution >= 0.6 is 0 Å². The molecule has 0 aromatic heterocycles. The summed E-state index contributed by atoms with van der Waals surface area (Å²) in [5.41, 5.74) is 1.86. The van der Waals surface area contributed by atoms with Crippen molar-refractivity contribution in [1.29, 1.82) is 4.78 Å². The van der Waals surface area contributed by atoms with E-state index in [4.69, 9.17) is 4.78 Å². The monoisotopic (exact) mass is 352 g/mol. The van der Waals surface area contributed by atoms with Gasteiger partial charge in [-0.05, 0) is 71.4 Å². The summed E-state index contributed by atoms with van der Waals surface area (Å²) in [6, 6.07) is 5.95. The van der Waals surface area contributed by atoms with E-state index in [0.29, 0.717) is 6.54 Å². The summed E-state index contributed by atoms with van der Waals surface area (Å²) in [6.45, 7) is 14.6. The van der Waals surface area contributed by atoms with Gasteiger partial charge >= 0.3 is 0 Å². The Bertz CT molecular complexity index is 695. The van der Waals surface area contributed by atoms with Crippen molar-refractivity contribution in [3.8, 4) is 0 Å². The Hall–Kier alpha value is -0.950. The lowest BCUT2D eigenvalue weighted by Gasteiger charge is -2.34. The Morgan fingerprint density at radius 1 is 1.21 bits per heavy atom. The van der Waals surface area contributed by atoms with Gasteiger partial charge in [0, 0.05) is 5.54 Å². The van der Waals surface area contributed by atoms with Crippen LogP contribution in [0.15, 0.2) is 18.2 Å². The van der Waals surface area contributed by atoms with Gasteiger partial charge in [-0.25, -0.2) is 0 Å². The molecule has 0 amide bonds. The van der Waals surface area contributed by atoms with Gasteiger partial charge in [-0.1, -0.05) is 23.8 Å². The summed E-state index contributed by atoms with van der Waals surface area (Å²) in [4.78, 5) is 0. The molecule has 1 aromatic carbocycles. The fourth-order valence-corrected chi connectivity index (χ4v) is 4.07. The highest BCUT2D eigenvalue weighted by Gasteiger charge is 2.48. The smallest absolute Gasteiger partial charge is 0.0665 e. The number of nitrogens with zero attached hydrogens (tertiary/aromatic N) is 1. The zero-order valence-corrected chi connectivity index (χ0v) is 16.5. The first-order chi connectivity index (χ1) is 10.8. The summed E-state index contributed by atoms with van der Waals surface area (Å²) in [7, 11) is -1.73. The average Bonchev–Trinajstić information content (AvgIpc) is 2.56. The van der Waals surface area contributed by atoms with Crippen molar-refractivity contribution in [3.63, 3.8) is 0 Å². The van der Waals surface area contributed by atoms with Crippen LogP contribution in [-0.2, 0) is 25.9 Å². The molecule has 0 radical (unpaired) electrons. The van der Waals surface area contributed by atoms with Gasteiger partial charge in [0.25, 0.3) is 0 Å². The molecule has 136 valence electrons. The van der Waals surface area contributed by atoms with Crippen molar-refractivity contribution in [3.05, 3.63) is 34.9 Å². The number of nitrogens with one attached hydrogen (secondary N) is 2. The van der Waals surface area contributed by atoms with Crippen LogP contribution in [0.25, 0.3) is 0 Å². The summed E-state index contributed by atoms with van der Waals surface area (Å²) < 4.78 is 19.8. The maximum absolute atomic E-state index is 12.0. The molecule has 1 heterocycles. The van der Waals surface area contributed by atoms with Crippen molar-refractivity contribution >= 4 is 10.6 Å². The number of fused-ring (bicyclic) bond motifs is 1. The van der Waals surface area contributed by atoms with Crippen LogP contribution in [0.2, 0.25) is 0 Å². The van der Waals surface area contributed by atoms with Gasteiger partial charge in [-0.15, -0.1) is 0 Å². The average molecular weight is 353 g/mol. The maximum Gasteiger partial charge on any atom is 0.0665 e. The number of hydrogen-bond acceptors (Lipinski definition) is 6. The molecule has 2 rings (SSSR count). The van der Waals surface area contributed by atoms with Gasteiger partial charge in [0.15, 0.2) is 0 Å². The van der Waals surface area contributed by atoms with Crippen molar-refractivity contribution in [2.45, 2.75) is 70.3 Å². The molecule has 5 nitrogen and oxygen atoms in total. The predicted molar refractivity (Wildman–Crippen MR) is 97.4 cm³/mol. The summed E-state index contributed by atoms with van der Waals surface area (Å²) in [6.07, 6.45) is 0. The van der Waals surface area contributed by atoms with Crippen LogP contribution in [0.1, 0.15) is 70.4 Å². The molecule has 1 aliphatic heterocycles. The van der Waals surface area contributed by atoms with Gasteiger partial charge in [-0.2, -0.15) is 15.7 Å². The molecule has 1 unspecified atom stereocenters. The molecule has 24 heavy (non-hydrogen) atoms. The van der Waals surface area contributed by atoms with E-state index in [1.807, 2.05) is 45.9 Å². The number of hydroxylamine groups is 2. The van der Waals surface area contributed by atoms with Crippen LogP contribution < -0.4 is 5.32 Å². The van der Waals surface area contributed by atoms with Gasteiger partial charge in [0.1, 0.15) is 0 Å². The van der Waals surface area contributed by atoms with E-state index < -0.39 is 26.9 Å². The third kappa shape index (κ3) is 3.38. The third-order valence-electron chi connectivity index (χ3n) is 4.87. The third-order valence-corrected chi connectivity index (χ3v) is 5.82. The molecule has 0 saturated heterocycles. The second kappa shape index (κ2) is 6.09. The van der Waals surface area contributed by atoms with Crippen molar-refractivity contribution < 1.29 is 9.42 Å². The fourth-order valence-electron chi connectivity index (χ4n) is 3.44. The second-order valence-electron chi connectivity index (χ2n) is 8.65. The number of hydrogen-bond donors (Lipinski definition) is 3. The summed E-state index contributed by atoms with van der Waals surface area (Å²) >= 11 is 0. The van der Waals surface area contributed by atoms with Crippen molar-refractivity contribution in [2.75, 3.05) is 6.54 Å². The molecule has 0 fully saturated rings. The lowest BCUT2D eigenvalue weighted by Crippen LogP contribution is -2.42. The van der Waals surface area contributed by atoms with E-state index in [1.54, 1.807) is 0 Å². The highest BCUT2D eigenvalue weighted by Crippen LogP contribution is 2.48. The Balaban J connectivity index is 2.45.